The molecule has 0 aliphatic heterocycles. The van der Waals surface area contributed by atoms with Gasteiger partial charge in [-0.15, -0.1) is 0 Å². The predicted molar refractivity (Wildman–Crippen MR) is 224 cm³/mol. The van der Waals surface area contributed by atoms with Gasteiger partial charge in [-0.25, -0.2) is 15.0 Å². The Morgan fingerprint density at radius 2 is 1.02 bits per heavy atom. The maximum absolute atomic E-state index is 10.9. The molecule has 0 radical (unpaired) electrons. The van der Waals surface area contributed by atoms with Crippen LogP contribution in [0.2, 0.25) is 0 Å². The highest BCUT2D eigenvalue weighted by Crippen LogP contribution is 2.51. The van der Waals surface area contributed by atoms with Crippen molar-refractivity contribution in [2.45, 2.75) is 51.4 Å². The van der Waals surface area contributed by atoms with Crippen LogP contribution in [0.1, 0.15) is 57.1 Å². The van der Waals surface area contributed by atoms with Gasteiger partial charge >= 0.3 is 0 Å². The average molecular weight is 713 g/mol. The summed E-state index contributed by atoms with van der Waals surface area (Å²) in [4.78, 5) is 15.3. The smallest absolute Gasteiger partial charge is 0.164 e. The molecule has 1 unspecified atom stereocenters. The van der Waals surface area contributed by atoms with Crippen LogP contribution in [0.3, 0.4) is 0 Å². The van der Waals surface area contributed by atoms with E-state index in [1.54, 1.807) is 0 Å². The standard InChI is InChI=1S/C51H44N4/c1-34-26-35-28-36(27-34)32-51(2,31-35)43-24-22-39(23-25-43)47-42(33-52)29-41(30-46(47)38-16-8-4-9-17-38)49-53-48(40-18-10-5-11-19-40)54-50(55-49)45-21-13-12-20-44(45)37-14-6-3-7-15-37/h3-25,29-30,34-36H,26-28,31-32H2,1-2H3/t34-,35+,36-,51?. The summed E-state index contributed by atoms with van der Waals surface area (Å²) in [6.07, 6.45) is 6.63. The van der Waals surface area contributed by atoms with Gasteiger partial charge in [0, 0.05) is 22.3 Å². The van der Waals surface area contributed by atoms with Gasteiger partial charge < -0.3 is 0 Å². The first-order valence-corrected chi connectivity index (χ1v) is 19.7. The zero-order chi connectivity index (χ0) is 37.4. The summed E-state index contributed by atoms with van der Waals surface area (Å²) in [6.45, 7) is 4.92. The average Bonchev–Trinajstić information content (AvgIpc) is 3.23. The van der Waals surface area contributed by atoms with E-state index in [1.807, 2.05) is 72.8 Å². The van der Waals surface area contributed by atoms with Crippen LogP contribution in [0, 0.1) is 29.1 Å². The Hall–Kier alpha value is -6.18. The minimum atomic E-state index is 0.183. The van der Waals surface area contributed by atoms with E-state index in [0.29, 0.717) is 23.0 Å². The SMILES string of the molecule is C[C@H]1C[C@@H]2C[C@H](C1)CC(C)(c1ccc(-c3c(C#N)cc(-c4nc(-c5ccccc5)nc(-c5ccccc5-c5ccccc5)n4)cc3-c3ccccc3)cc1)C2. The lowest BCUT2D eigenvalue weighted by Crippen LogP contribution is -2.38. The molecule has 2 bridgehead atoms. The zero-order valence-corrected chi connectivity index (χ0v) is 31.5. The van der Waals surface area contributed by atoms with Crippen molar-refractivity contribution in [2.24, 2.45) is 17.8 Å². The molecule has 0 amide bonds. The van der Waals surface area contributed by atoms with Gasteiger partial charge in [-0.1, -0.05) is 153 Å². The van der Waals surface area contributed by atoms with Crippen LogP contribution >= 0.6 is 0 Å². The molecule has 2 saturated carbocycles. The highest BCUT2D eigenvalue weighted by atomic mass is 15.0. The van der Waals surface area contributed by atoms with Crippen LogP contribution in [0.15, 0.2) is 152 Å². The fourth-order valence-corrected chi connectivity index (χ4v) is 9.77. The summed E-state index contributed by atoms with van der Waals surface area (Å²) in [5, 5.41) is 10.9. The van der Waals surface area contributed by atoms with Gasteiger partial charge in [0.15, 0.2) is 17.5 Å². The molecular weight excluding hydrogens is 669 g/mol. The first-order chi connectivity index (χ1) is 26.9. The van der Waals surface area contributed by atoms with Crippen molar-refractivity contribution in [3.63, 3.8) is 0 Å². The predicted octanol–water partition coefficient (Wildman–Crippen LogP) is 12.8. The van der Waals surface area contributed by atoms with Crippen LogP contribution in [0.25, 0.3) is 67.5 Å². The lowest BCUT2D eigenvalue weighted by atomic mass is 9.57. The Balaban J connectivity index is 1.18. The summed E-state index contributed by atoms with van der Waals surface area (Å²) in [7, 11) is 0. The molecule has 268 valence electrons. The third-order valence-corrected chi connectivity index (χ3v) is 12.0. The Bertz CT molecular complexity index is 2480. The Kier molecular flexibility index (Phi) is 9.16. The van der Waals surface area contributed by atoms with Crippen molar-refractivity contribution in [2.75, 3.05) is 0 Å². The normalized spacial score (nSPS) is 20.4. The molecule has 1 aromatic heterocycles. The zero-order valence-electron chi connectivity index (χ0n) is 31.5. The lowest BCUT2D eigenvalue weighted by molar-refractivity contribution is 0.0899. The van der Waals surface area contributed by atoms with Gasteiger partial charge in [0.2, 0.25) is 0 Å². The second-order valence-corrected chi connectivity index (χ2v) is 16.1. The fraction of sp³-hybridized carbons (Fsp3) is 0.216. The highest BCUT2D eigenvalue weighted by Gasteiger charge is 2.41. The van der Waals surface area contributed by atoms with E-state index >= 15 is 0 Å². The van der Waals surface area contributed by atoms with E-state index in [0.717, 1.165) is 67.8 Å². The van der Waals surface area contributed by atoms with Crippen LogP contribution in [0.4, 0.5) is 0 Å². The summed E-state index contributed by atoms with van der Waals surface area (Å²) in [6, 6.07) is 54.8. The molecule has 9 rings (SSSR count). The summed E-state index contributed by atoms with van der Waals surface area (Å²) in [5.74, 6) is 4.17. The monoisotopic (exact) mass is 712 g/mol. The van der Waals surface area contributed by atoms with Crippen molar-refractivity contribution in [1.82, 2.24) is 15.0 Å². The van der Waals surface area contributed by atoms with Crippen LogP contribution in [-0.2, 0) is 5.41 Å². The largest absolute Gasteiger partial charge is 0.208 e. The maximum Gasteiger partial charge on any atom is 0.164 e. The molecular formula is C51H44N4. The van der Waals surface area contributed by atoms with Gasteiger partial charge in [-0.2, -0.15) is 5.26 Å². The molecule has 4 nitrogen and oxygen atoms in total. The van der Waals surface area contributed by atoms with E-state index in [4.69, 9.17) is 15.0 Å². The van der Waals surface area contributed by atoms with Crippen LogP contribution in [-0.4, -0.2) is 15.0 Å². The molecule has 1 heterocycles. The van der Waals surface area contributed by atoms with Crippen molar-refractivity contribution >= 4 is 0 Å². The fourth-order valence-electron chi connectivity index (χ4n) is 9.77. The Morgan fingerprint density at radius 1 is 0.509 bits per heavy atom. The number of rotatable bonds is 7. The first-order valence-electron chi connectivity index (χ1n) is 19.7. The van der Waals surface area contributed by atoms with Gasteiger partial charge in [0.25, 0.3) is 0 Å². The van der Waals surface area contributed by atoms with Gasteiger partial charge in [0.1, 0.15) is 0 Å². The Labute approximate surface area is 324 Å². The van der Waals surface area contributed by atoms with Crippen molar-refractivity contribution in [3.8, 4) is 73.6 Å². The van der Waals surface area contributed by atoms with E-state index < -0.39 is 0 Å². The first kappa shape index (κ1) is 34.6. The molecule has 0 saturated heterocycles. The summed E-state index contributed by atoms with van der Waals surface area (Å²) >= 11 is 0. The topological polar surface area (TPSA) is 62.5 Å². The van der Waals surface area contributed by atoms with Gasteiger partial charge in [-0.05, 0) is 101 Å². The number of aromatic nitrogens is 3. The molecule has 2 aliphatic rings. The minimum absolute atomic E-state index is 0.183. The molecule has 0 spiro atoms. The van der Waals surface area contributed by atoms with E-state index in [-0.39, 0.29) is 5.41 Å². The second kappa shape index (κ2) is 14.6. The van der Waals surface area contributed by atoms with Gasteiger partial charge in [-0.3, -0.25) is 0 Å². The molecule has 0 N–H and O–H groups in total. The third-order valence-electron chi connectivity index (χ3n) is 12.0. The van der Waals surface area contributed by atoms with E-state index in [1.165, 1.54) is 37.7 Å². The summed E-state index contributed by atoms with van der Waals surface area (Å²) < 4.78 is 0. The lowest BCUT2D eigenvalue weighted by Gasteiger charge is -2.47. The Morgan fingerprint density at radius 3 is 1.62 bits per heavy atom. The molecule has 2 fully saturated rings. The maximum atomic E-state index is 10.9. The molecule has 2 aliphatic carbocycles. The van der Waals surface area contributed by atoms with Gasteiger partial charge in [0.05, 0.1) is 11.6 Å². The number of nitriles is 1. The second-order valence-electron chi connectivity index (χ2n) is 16.1. The number of nitrogens with zero attached hydrogens (tertiary/aromatic N) is 4. The van der Waals surface area contributed by atoms with Crippen molar-refractivity contribution < 1.29 is 0 Å². The molecule has 6 aromatic carbocycles. The van der Waals surface area contributed by atoms with E-state index in [2.05, 4.69) is 98.8 Å². The number of fused-ring (bicyclic) bond motifs is 2. The highest BCUT2D eigenvalue weighted by molar-refractivity contribution is 5.91. The molecule has 55 heavy (non-hydrogen) atoms. The van der Waals surface area contributed by atoms with Crippen molar-refractivity contribution in [1.29, 1.82) is 5.26 Å². The summed E-state index contributed by atoms with van der Waals surface area (Å²) in [5.41, 5.74) is 10.9. The van der Waals surface area contributed by atoms with Crippen LogP contribution in [0.5, 0.6) is 0 Å². The number of hydrogen-bond acceptors (Lipinski definition) is 4. The third kappa shape index (κ3) is 6.88. The van der Waals surface area contributed by atoms with E-state index in [9.17, 15) is 5.26 Å². The number of hydrogen-bond donors (Lipinski definition) is 0. The molecule has 4 heteroatoms. The molecule has 7 aromatic rings. The molecule has 4 atom stereocenters. The van der Waals surface area contributed by atoms with Crippen LogP contribution < -0.4 is 0 Å². The number of benzene rings is 6. The minimum Gasteiger partial charge on any atom is -0.208 e. The van der Waals surface area contributed by atoms with Crippen molar-refractivity contribution in [3.05, 3.63) is 163 Å². The quantitative estimate of drug-likeness (QED) is 0.165.